The monoisotopic (exact) mass is 498 g/mol. The Morgan fingerprint density at radius 1 is 1.08 bits per heavy atom. The molecule has 0 saturated carbocycles. The second-order valence-electron chi connectivity index (χ2n) is 9.31. The van der Waals surface area contributed by atoms with Crippen LogP contribution in [0.15, 0.2) is 36.5 Å². The van der Waals surface area contributed by atoms with Gasteiger partial charge in [0.05, 0.1) is 36.5 Å². The maximum Gasteiger partial charge on any atom is 0.253 e. The molecular weight excluding hydrogens is 466 g/mol. The van der Waals surface area contributed by atoms with Crippen LogP contribution in [0.2, 0.25) is 0 Å². The number of carbonyl (C=O) groups excluding carboxylic acids is 1. The van der Waals surface area contributed by atoms with Gasteiger partial charge in [-0.1, -0.05) is 0 Å². The third-order valence-corrected chi connectivity index (χ3v) is 6.19. The summed E-state index contributed by atoms with van der Waals surface area (Å²) in [7, 11) is 5.67. The van der Waals surface area contributed by atoms with E-state index in [0.29, 0.717) is 60.7 Å². The fourth-order valence-electron chi connectivity index (χ4n) is 4.17. The highest BCUT2D eigenvalue weighted by atomic mass is 19.1. The fourth-order valence-corrected chi connectivity index (χ4v) is 4.17. The first-order valence-corrected chi connectivity index (χ1v) is 12.0. The topological polar surface area (TPSA) is 73.8 Å². The number of anilines is 2. The number of fused-ring (bicyclic) bond motifs is 1. The van der Waals surface area contributed by atoms with E-state index in [4.69, 9.17) is 9.72 Å². The number of nitrogens with zero attached hydrogens (tertiary/aromatic N) is 5. The molecule has 1 saturated heterocycles. The molecule has 0 aliphatic carbocycles. The molecule has 3 aromatic rings. The average molecular weight is 499 g/mol. The minimum Gasteiger partial charge on any atom is -0.378 e. The first-order chi connectivity index (χ1) is 17.2. The van der Waals surface area contributed by atoms with Crippen LogP contribution in [0.3, 0.4) is 0 Å². The molecule has 4 rings (SSSR count). The number of morpholine rings is 1. The number of hydrogen-bond acceptors (Lipinski definition) is 7. The number of carbonyl (C=O) groups is 1. The summed E-state index contributed by atoms with van der Waals surface area (Å²) in [5.41, 5.74) is 2.69. The number of aromatic nitrogens is 2. The summed E-state index contributed by atoms with van der Waals surface area (Å²) < 4.78 is 33.1. The van der Waals surface area contributed by atoms with Crippen molar-refractivity contribution < 1.29 is 18.3 Å². The van der Waals surface area contributed by atoms with Crippen LogP contribution >= 0.6 is 0 Å². The van der Waals surface area contributed by atoms with Crippen LogP contribution in [-0.4, -0.2) is 86.2 Å². The zero-order valence-electron chi connectivity index (χ0n) is 21.1. The van der Waals surface area contributed by atoms with Gasteiger partial charge in [0.1, 0.15) is 17.5 Å². The molecule has 1 fully saturated rings. The lowest BCUT2D eigenvalue weighted by Gasteiger charge is -2.28. The number of benzene rings is 2. The summed E-state index contributed by atoms with van der Waals surface area (Å²) in [5.74, 6) is -0.757. The highest BCUT2D eigenvalue weighted by molar-refractivity contribution is 5.98. The SMILES string of the molecule is CC(Nc1cc(F)cc(F)c1)c1cc(C(=O)N(C)CCN(C)C)cc2ncc(N3CCOCC3)nc12. The Bertz CT molecular complexity index is 1210. The normalized spacial score (nSPS) is 14.8. The average Bonchev–Trinajstić information content (AvgIpc) is 2.85. The zero-order valence-corrected chi connectivity index (χ0v) is 21.1. The molecule has 10 heteroatoms. The van der Waals surface area contributed by atoms with Crippen molar-refractivity contribution in [3.8, 4) is 0 Å². The Morgan fingerprint density at radius 2 is 1.78 bits per heavy atom. The maximum absolute atomic E-state index is 13.8. The number of ether oxygens (including phenoxy) is 1. The van der Waals surface area contributed by atoms with Gasteiger partial charge in [-0.3, -0.25) is 9.78 Å². The molecule has 2 aromatic carbocycles. The first-order valence-electron chi connectivity index (χ1n) is 12.0. The van der Waals surface area contributed by atoms with E-state index in [2.05, 4.69) is 15.2 Å². The summed E-state index contributed by atoms with van der Waals surface area (Å²) >= 11 is 0. The van der Waals surface area contributed by atoms with Gasteiger partial charge in [-0.05, 0) is 45.3 Å². The molecule has 1 aromatic heterocycles. The molecule has 1 N–H and O–H groups in total. The van der Waals surface area contributed by atoms with Crippen molar-refractivity contribution in [2.24, 2.45) is 0 Å². The fraction of sp³-hybridized carbons (Fsp3) is 0.423. The Balaban J connectivity index is 1.74. The number of rotatable bonds is 8. The van der Waals surface area contributed by atoms with Gasteiger partial charge in [-0.25, -0.2) is 13.8 Å². The van der Waals surface area contributed by atoms with E-state index in [9.17, 15) is 13.6 Å². The summed E-state index contributed by atoms with van der Waals surface area (Å²) in [4.78, 5) is 28.6. The van der Waals surface area contributed by atoms with Crippen LogP contribution in [0.1, 0.15) is 28.9 Å². The molecule has 0 bridgehead atoms. The molecule has 36 heavy (non-hydrogen) atoms. The molecule has 1 aliphatic rings. The molecule has 2 heterocycles. The molecule has 1 unspecified atom stereocenters. The van der Waals surface area contributed by atoms with Crippen LogP contribution in [0.25, 0.3) is 11.0 Å². The van der Waals surface area contributed by atoms with Crippen LogP contribution in [0, 0.1) is 11.6 Å². The van der Waals surface area contributed by atoms with Crippen molar-refractivity contribution in [2.75, 3.05) is 70.8 Å². The quantitative estimate of drug-likeness (QED) is 0.509. The third-order valence-electron chi connectivity index (χ3n) is 6.19. The first kappa shape index (κ1) is 25.7. The predicted octanol–water partition coefficient (Wildman–Crippen LogP) is 3.55. The number of hydrogen-bond donors (Lipinski definition) is 1. The lowest BCUT2D eigenvalue weighted by Crippen LogP contribution is -2.36. The summed E-state index contributed by atoms with van der Waals surface area (Å²) in [6.45, 7) is 5.80. The van der Waals surface area contributed by atoms with E-state index >= 15 is 0 Å². The van der Waals surface area contributed by atoms with E-state index in [-0.39, 0.29) is 5.91 Å². The van der Waals surface area contributed by atoms with Gasteiger partial charge < -0.3 is 24.8 Å². The molecule has 8 nitrogen and oxygen atoms in total. The van der Waals surface area contributed by atoms with E-state index in [1.807, 2.05) is 25.9 Å². The molecule has 1 aliphatic heterocycles. The minimum atomic E-state index is -0.671. The number of nitrogens with one attached hydrogen (secondary N) is 1. The molecule has 1 amide bonds. The lowest BCUT2D eigenvalue weighted by atomic mass is 10.0. The van der Waals surface area contributed by atoms with Crippen molar-refractivity contribution in [2.45, 2.75) is 13.0 Å². The van der Waals surface area contributed by atoms with E-state index in [1.165, 1.54) is 12.1 Å². The Morgan fingerprint density at radius 3 is 2.44 bits per heavy atom. The number of likely N-dealkylation sites (N-methyl/N-ethyl adjacent to an activating group) is 2. The van der Waals surface area contributed by atoms with Crippen molar-refractivity contribution in [3.63, 3.8) is 0 Å². The Hall–Kier alpha value is -3.37. The van der Waals surface area contributed by atoms with Crippen LogP contribution in [0.5, 0.6) is 0 Å². The summed E-state index contributed by atoms with van der Waals surface area (Å²) in [5, 5.41) is 3.15. The maximum atomic E-state index is 13.8. The molecule has 0 spiro atoms. The Kier molecular flexibility index (Phi) is 7.95. The summed E-state index contributed by atoms with van der Waals surface area (Å²) in [6.07, 6.45) is 1.71. The number of amides is 1. The zero-order chi connectivity index (χ0) is 25.8. The lowest BCUT2D eigenvalue weighted by molar-refractivity contribution is 0.0786. The van der Waals surface area contributed by atoms with Crippen LogP contribution < -0.4 is 10.2 Å². The van der Waals surface area contributed by atoms with Gasteiger partial charge in [-0.2, -0.15) is 0 Å². The van der Waals surface area contributed by atoms with Gasteiger partial charge >= 0.3 is 0 Å². The smallest absolute Gasteiger partial charge is 0.253 e. The van der Waals surface area contributed by atoms with E-state index in [1.54, 1.807) is 30.3 Å². The number of halogens is 2. The standard InChI is InChI=1S/C26H32F2N6O2/c1-17(30-21-14-19(27)13-20(28)15-21)22-11-18(26(35)33(4)6-5-32(2)3)12-23-25(22)31-24(16-29-23)34-7-9-36-10-8-34/h11-17,30H,5-10H2,1-4H3. The minimum absolute atomic E-state index is 0.136. The van der Waals surface area contributed by atoms with E-state index in [0.717, 1.165) is 18.4 Å². The second kappa shape index (κ2) is 11.1. The van der Waals surface area contributed by atoms with Crippen molar-refractivity contribution in [1.82, 2.24) is 19.8 Å². The van der Waals surface area contributed by atoms with Crippen LogP contribution in [-0.2, 0) is 4.74 Å². The molecule has 0 radical (unpaired) electrons. The Labute approximate surface area is 209 Å². The van der Waals surface area contributed by atoms with Crippen molar-refractivity contribution in [1.29, 1.82) is 0 Å². The molecular formula is C26H32F2N6O2. The van der Waals surface area contributed by atoms with Gasteiger partial charge in [0, 0.05) is 56.1 Å². The van der Waals surface area contributed by atoms with Crippen molar-refractivity contribution in [3.05, 3.63) is 59.3 Å². The third kappa shape index (κ3) is 6.06. The summed E-state index contributed by atoms with van der Waals surface area (Å²) in [6, 6.07) is 6.42. The van der Waals surface area contributed by atoms with Gasteiger partial charge in [0.2, 0.25) is 0 Å². The molecule has 1 atom stereocenters. The second-order valence-corrected chi connectivity index (χ2v) is 9.31. The van der Waals surface area contributed by atoms with E-state index < -0.39 is 17.7 Å². The molecule has 192 valence electrons. The van der Waals surface area contributed by atoms with Gasteiger partial charge in [0.25, 0.3) is 5.91 Å². The predicted molar refractivity (Wildman–Crippen MR) is 136 cm³/mol. The highest BCUT2D eigenvalue weighted by Crippen LogP contribution is 2.29. The van der Waals surface area contributed by atoms with Gasteiger partial charge in [-0.15, -0.1) is 0 Å². The highest BCUT2D eigenvalue weighted by Gasteiger charge is 2.21. The largest absolute Gasteiger partial charge is 0.378 e. The van der Waals surface area contributed by atoms with Crippen molar-refractivity contribution >= 4 is 28.4 Å². The van der Waals surface area contributed by atoms with Gasteiger partial charge in [0.15, 0.2) is 0 Å². The van der Waals surface area contributed by atoms with Crippen LogP contribution in [0.4, 0.5) is 20.3 Å².